The number of rotatable bonds is 8. The Morgan fingerprint density at radius 2 is 2.27 bits per heavy atom. The van der Waals surface area contributed by atoms with Crippen LogP contribution >= 0.6 is 11.3 Å². The van der Waals surface area contributed by atoms with Crippen LogP contribution in [-0.4, -0.2) is 39.8 Å². The van der Waals surface area contributed by atoms with Crippen molar-refractivity contribution < 1.29 is 14.3 Å². The molecule has 0 aliphatic rings. The summed E-state index contributed by atoms with van der Waals surface area (Å²) in [6.45, 7) is 2.57. The van der Waals surface area contributed by atoms with E-state index in [4.69, 9.17) is 4.74 Å². The molecule has 1 N–H and O–H groups in total. The Bertz CT molecular complexity index is 609. The lowest BCUT2D eigenvalue weighted by Crippen LogP contribution is -2.26. The van der Waals surface area contributed by atoms with Gasteiger partial charge in [-0.15, -0.1) is 11.3 Å². The lowest BCUT2D eigenvalue weighted by molar-refractivity contribution is -0.144. The van der Waals surface area contributed by atoms with Crippen molar-refractivity contribution in [2.24, 2.45) is 0 Å². The van der Waals surface area contributed by atoms with E-state index in [1.807, 2.05) is 17.6 Å². The number of esters is 1. The maximum Gasteiger partial charge on any atom is 0.306 e. The molecule has 0 radical (unpaired) electrons. The molecular weight excluding hydrogens is 304 g/mol. The van der Waals surface area contributed by atoms with Gasteiger partial charge < -0.3 is 10.1 Å². The van der Waals surface area contributed by atoms with E-state index in [0.29, 0.717) is 19.6 Å². The fourth-order valence-corrected chi connectivity index (χ4v) is 2.56. The standard InChI is InChI=1S/C14H18N4O3S/c1-2-21-13(20)5-4-12(19)15-8-6-11-10-22-14(17-11)18-9-3-7-16-18/h3,7,9-10H,2,4-6,8H2,1H3,(H,15,19). The van der Waals surface area contributed by atoms with Crippen LogP contribution in [0.2, 0.25) is 0 Å². The number of hydrogen-bond donors (Lipinski definition) is 1. The average Bonchev–Trinajstić information content (AvgIpc) is 3.16. The summed E-state index contributed by atoms with van der Waals surface area (Å²) in [6, 6.07) is 1.84. The first-order valence-corrected chi connectivity index (χ1v) is 7.93. The van der Waals surface area contributed by atoms with Crippen molar-refractivity contribution in [1.29, 1.82) is 0 Å². The Kier molecular flexibility index (Phi) is 6.08. The highest BCUT2D eigenvalue weighted by Gasteiger charge is 2.08. The maximum atomic E-state index is 11.6. The molecule has 2 rings (SSSR count). The second kappa shape index (κ2) is 8.28. The number of nitrogens with zero attached hydrogens (tertiary/aromatic N) is 3. The monoisotopic (exact) mass is 322 g/mol. The van der Waals surface area contributed by atoms with Gasteiger partial charge >= 0.3 is 5.97 Å². The molecule has 2 aromatic rings. The minimum Gasteiger partial charge on any atom is -0.466 e. The lowest BCUT2D eigenvalue weighted by Gasteiger charge is -2.04. The van der Waals surface area contributed by atoms with E-state index < -0.39 is 0 Å². The molecule has 0 unspecified atom stereocenters. The first-order chi connectivity index (χ1) is 10.7. The summed E-state index contributed by atoms with van der Waals surface area (Å²) in [5.41, 5.74) is 0.904. The predicted octanol–water partition coefficient (Wildman–Crippen LogP) is 1.33. The van der Waals surface area contributed by atoms with Crippen molar-refractivity contribution in [2.45, 2.75) is 26.2 Å². The molecular formula is C14H18N4O3S. The van der Waals surface area contributed by atoms with E-state index >= 15 is 0 Å². The molecule has 0 saturated carbocycles. The van der Waals surface area contributed by atoms with Crippen LogP contribution < -0.4 is 5.32 Å². The van der Waals surface area contributed by atoms with Gasteiger partial charge in [-0.3, -0.25) is 9.59 Å². The molecule has 0 bridgehead atoms. The molecule has 2 heterocycles. The summed E-state index contributed by atoms with van der Waals surface area (Å²) in [7, 11) is 0. The molecule has 1 amide bonds. The van der Waals surface area contributed by atoms with Gasteiger partial charge in [0.2, 0.25) is 11.0 Å². The van der Waals surface area contributed by atoms with E-state index in [2.05, 4.69) is 15.4 Å². The summed E-state index contributed by atoms with van der Waals surface area (Å²) in [5.74, 6) is -0.503. The Hall–Kier alpha value is -2.22. The zero-order chi connectivity index (χ0) is 15.8. The minimum atomic E-state index is -0.346. The van der Waals surface area contributed by atoms with Crippen LogP contribution in [0.3, 0.4) is 0 Å². The van der Waals surface area contributed by atoms with Crippen molar-refractivity contribution in [3.63, 3.8) is 0 Å². The topological polar surface area (TPSA) is 86.1 Å². The molecule has 0 saturated heterocycles. The largest absolute Gasteiger partial charge is 0.466 e. The van der Waals surface area contributed by atoms with E-state index in [0.717, 1.165) is 10.8 Å². The summed E-state index contributed by atoms with van der Waals surface area (Å²) >= 11 is 1.50. The van der Waals surface area contributed by atoms with Gasteiger partial charge in [0.1, 0.15) is 0 Å². The number of aromatic nitrogens is 3. The molecule has 2 aromatic heterocycles. The number of amides is 1. The summed E-state index contributed by atoms with van der Waals surface area (Å²) in [4.78, 5) is 27.2. The summed E-state index contributed by atoms with van der Waals surface area (Å²) < 4.78 is 6.47. The molecule has 0 aliphatic carbocycles. The minimum absolute atomic E-state index is 0.111. The fourth-order valence-electron chi connectivity index (χ4n) is 1.77. The van der Waals surface area contributed by atoms with Crippen LogP contribution in [0.25, 0.3) is 5.13 Å². The quantitative estimate of drug-likeness (QED) is 0.741. The van der Waals surface area contributed by atoms with E-state index in [-0.39, 0.29) is 24.7 Å². The van der Waals surface area contributed by atoms with Gasteiger partial charge in [0.25, 0.3) is 0 Å². The molecule has 0 fully saturated rings. The molecule has 118 valence electrons. The molecule has 0 atom stereocenters. The first kappa shape index (κ1) is 16.2. The Morgan fingerprint density at radius 1 is 1.41 bits per heavy atom. The van der Waals surface area contributed by atoms with Crippen molar-refractivity contribution in [3.8, 4) is 5.13 Å². The third-order valence-corrected chi connectivity index (χ3v) is 3.68. The van der Waals surface area contributed by atoms with Gasteiger partial charge in [-0.25, -0.2) is 9.67 Å². The van der Waals surface area contributed by atoms with Gasteiger partial charge in [0.05, 0.1) is 18.7 Å². The molecule has 0 aliphatic heterocycles. The molecule has 0 aromatic carbocycles. The van der Waals surface area contributed by atoms with Gasteiger partial charge in [-0.1, -0.05) is 0 Å². The third kappa shape index (κ3) is 4.96. The number of thiazole rings is 1. The van der Waals surface area contributed by atoms with Crippen LogP contribution in [0.15, 0.2) is 23.8 Å². The van der Waals surface area contributed by atoms with Crippen molar-refractivity contribution in [2.75, 3.05) is 13.2 Å². The smallest absolute Gasteiger partial charge is 0.306 e. The van der Waals surface area contributed by atoms with E-state index in [1.165, 1.54) is 11.3 Å². The molecule has 0 spiro atoms. The second-order valence-corrected chi connectivity index (χ2v) is 5.31. The Labute approximate surface area is 132 Å². The highest BCUT2D eigenvalue weighted by atomic mass is 32.1. The normalized spacial score (nSPS) is 10.4. The Balaban J connectivity index is 1.68. The van der Waals surface area contributed by atoms with Gasteiger partial charge in [-0.2, -0.15) is 5.10 Å². The van der Waals surface area contributed by atoms with Crippen LogP contribution in [0.5, 0.6) is 0 Å². The fraction of sp³-hybridized carbons (Fsp3) is 0.429. The zero-order valence-electron chi connectivity index (χ0n) is 12.3. The maximum absolute atomic E-state index is 11.6. The number of nitrogens with one attached hydrogen (secondary N) is 1. The lowest BCUT2D eigenvalue weighted by atomic mass is 10.3. The SMILES string of the molecule is CCOC(=O)CCC(=O)NCCc1csc(-n2cccn2)n1. The predicted molar refractivity (Wildman–Crippen MR) is 81.8 cm³/mol. The Morgan fingerprint density at radius 3 is 3.00 bits per heavy atom. The van der Waals surface area contributed by atoms with E-state index in [1.54, 1.807) is 17.8 Å². The number of carbonyl (C=O) groups excluding carboxylic acids is 2. The third-order valence-electron chi connectivity index (χ3n) is 2.80. The highest BCUT2D eigenvalue weighted by Crippen LogP contribution is 2.13. The summed E-state index contributed by atoms with van der Waals surface area (Å²) in [6.07, 6.45) is 4.43. The number of ether oxygens (including phenoxy) is 1. The van der Waals surface area contributed by atoms with Crippen LogP contribution in [-0.2, 0) is 20.7 Å². The first-order valence-electron chi connectivity index (χ1n) is 7.05. The van der Waals surface area contributed by atoms with Crippen LogP contribution in [0, 0.1) is 0 Å². The molecule has 22 heavy (non-hydrogen) atoms. The van der Waals surface area contributed by atoms with Crippen molar-refractivity contribution in [3.05, 3.63) is 29.5 Å². The average molecular weight is 322 g/mol. The zero-order valence-corrected chi connectivity index (χ0v) is 13.1. The van der Waals surface area contributed by atoms with E-state index in [9.17, 15) is 9.59 Å². The summed E-state index contributed by atoms with van der Waals surface area (Å²) in [5, 5.41) is 9.63. The van der Waals surface area contributed by atoms with Gasteiger partial charge in [0.15, 0.2) is 0 Å². The van der Waals surface area contributed by atoms with Crippen molar-refractivity contribution in [1.82, 2.24) is 20.1 Å². The van der Waals surface area contributed by atoms with Gasteiger partial charge in [0, 0.05) is 37.2 Å². The number of hydrogen-bond acceptors (Lipinski definition) is 6. The van der Waals surface area contributed by atoms with Gasteiger partial charge in [-0.05, 0) is 13.0 Å². The highest BCUT2D eigenvalue weighted by molar-refractivity contribution is 7.12. The molecule has 8 heteroatoms. The molecule has 7 nitrogen and oxygen atoms in total. The number of carbonyl (C=O) groups is 2. The van der Waals surface area contributed by atoms with Crippen molar-refractivity contribution >= 4 is 23.2 Å². The van der Waals surface area contributed by atoms with Crippen LogP contribution in [0.1, 0.15) is 25.5 Å². The van der Waals surface area contributed by atoms with Crippen LogP contribution in [0.4, 0.5) is 0 Å². The second-order valence-electron chi connectivity index (χ2n) is 4.48.